The quantitative estimate of drug-likeness (QED) is 0.897. The predicted octanol–water partition coefficient (Wildman–Crippen LogP) is 2.93. The predicted molar refractivity (Wildman–Crippen MR) is 77.8 cm³/mol. The molecule has 0 amide bonds. The maximum Gasteiger partial charge on any atom is 0.0726 e. The fourth-order valence-corrected chi connectivity index (χ4v) is 2.37. The van der Waals surface area contributed by atoms with Crippen molar-refractivity contribution < 1.29 is 0 Å². The van der Waals surface area contributed by atoms with Crippen LogP contribution >= 0.6 is 0 Å². The van der Waals surface area contributed by atoms with Crippen LogP contribution in [0.2, 0.25) is 0 Å². The molecular formula is C15H21N3. The number of hydrogen-bond donors (Lipinski definition) is 1. The van der Waals surface area contributed by atoms with E-state index in [0.717, 1.165) is 17.8 Å². The van der Waals surface area contributed by atoms with E-state index in [0.29, 0.717) is 12.6 Å². The van der Waals surface area contributed by atoms with Crippen molar-refractivity contribution in [3.05, 3.63) is 36.0 Å². The van der Waals surface area contributed by atoms with Crippen molar-refractivity contribution in [1.82, 2.24) is 4.98 Å². The average molecular weight is 243 g/mol. The monoisotopic (exact) mass is 243 g/mol. The number of nitrogens with two attached hydrogens (primary N) is 1. The molecule has 1 heterocycles. The zero-order valence-electron chi connectivity index (χ0n) is 11.4. The number of nitrogens with zero attached hydrogens (tertiary/aromatic N) is 2. The van der Waals surface area contributed by atoms with Crippen molar-refractivity contribution in [2.75, 3.05) is 11.4 Å². The van der Waals surface area contributed by atoms with Gasteiger partial charge in [0.25, 0.3) is 0 Å². The molecule has 3 nitrogen and oxygen atoms in total. The third-order valence-electron chi connectivity index (χ3n) is 3.23. The first-order valence-corrected chi connectivity index (χ1v) is 6.52. The lowest BCUT2D eigenvalue weighted by molar-refractivity contribution is 0.705. The largest absolute Gasteiger partial charge is 0.369 e. The second-order valence-corrected chi connectivity index (χ2v) is 4.73. The number of benzene rings is 1. The summed E-state index contributed by atoms with van der Waals surface area (Å²) in [7, 11) is 0. The van der Waals surface area contributed by atoms with Gasteiger partial charge in [0.1, 0.15) is 0 Å². The summed E-state index contributed by atoms with van der Waals surface area (Å²) in [4.78, 5) is 6.96. The van der Waals surface area contributed by atoms with Gasteiger partial charge in [-0.05, 0) is 32.9 Å². The fourth-order valence-electron chi connectivity index (χ4n) is 2.37. The van der Waals surface area contributed by atoms with E-state index in [4.69, 9.17) is 5.73 Å². The molecule has 2 rings (SSSR count). The van der Waals surface area contributed by atoms with Crippen LogP contribution in [0.5, 0.6) is 0 Å². The smallest absolute Gasteiger partial charge is 0.0726 e. The number of fused-ring (bicyclic) bond motifs is 1. The van der Waals surface area contributed by atoms with Gasteiger partial charge in [0.15, 0.2) is 0 Å². The van der Waals surface area contributed by atoms with Gasteiger partial charge in [-0.1, -0.05) is 18.2 Å². The Labute approximate surface area is 109 Å². The topological polar surface area (TPSA) is 42.1 Å². The minimum atomic E-state index is 0.464. The Bertz CT molecular complexity index is 534. The minimum Gasteiger partial charge on any atom is -0.369 e. The molecule has 0 bridgehead atoms. The van der Waals surface area contributed by atoms with Crippen molar-refractivity contribution in [3.8, 4) is 0 Å². The Hall–Kier alpha value is -1.61. The van der Waals surface area contributed by atoms with Gasteiger partial charge in [-0.25, -0.2) is 0 Å². The average Bonchev–Trinajstić information content (AvgIpc) is 2.38. The van der Waals surface area contributed by atoms with Gasteiger partial charge in [-0.2, -0.15) is 0 Å². The molecule has 18 heavy (non-hydrogen) atoms. The number of aromatic nitrogens is 1. The summed E-state index contributed by atoms with van der Waals surface area (Å²) < 4.78 is 0. The van der Waals surface area contributed by atoms with E-state index in [1.54, 1.807) is 0 Å². The molecule has 0 spiro atoms. The van der Waals surface area contributed by atoms with E-state index in [1.807, 2.05) is 12.1 Å². The number of anilines is 1. The molecule has 0 saturated heterocycles. The summed E-state index contributed by atoms with van der Waals surface area (Å²) in [6.07, 6.45) is 0. The van der Waals surface area contributed by atoms with E-state index < -0.39 is 0 Å². The van der Waals surface area contributed by atoms with Crippen LogP contribution in [0.4, 0.5) is 5.69 Å². The molecule has 3 heteroatoms. The van der Waals surface area contributed by atoms with E-state index in [2.05, 4.69) is 48.9 Å². The summed E-state index contributed by atoms with van der Waals surface area (Å²) in [5.74, 6) is 0. The summed E-state index contributed by atoms with van der Waals surface area (Å²) in [5, 5.41) is 1.20. The van der Waals surface area contributed by atoms with Crippen molar-refractivity contribution >= 4 is 16.6 Å². The first-order valence-electron chi connectivity index (χ1n) is 6.52. The molecule has 0 saturated carbocycles. The van der Waals surface area contributed by atoms with Crippen molar-refractivity contribution in [2.45, 2.75) is 33.4 Å². The molecule has 1 aromatic heterocycles. The molecular weight excluding hydrogens is 222 g/mol. The number of hydrogen-bond acceptors (Lipinski definition) is 3. The van der Waals surface area contributed by atoms with Crippen molar-refractivity contribution in [3.63, 3.8) is 0 Å². The second-order valence-electron chi connectivity index (χ2n) is 4.73. The van der Waals surface area contributed by atoms with Crippen LogP contribution in [-0.4, -0.2) is 17.6 Å². The molecule has 0 atom stereocenters. The Morgan fingerprint density at radius 3 is 2.61 bits per heavy atom. The zero-order chi connectivity index (χ0) is 13.1. The van der Waals surface area contributed by atoms with Crippen LogP contribution in [0, 0.1) is 0 Å². The number of para-hydroxylation sites is 1. The standard InChI is InChI=1S/C15H21N3/c1-4-18(11(2)3)15-9-12(10-16)17-14-8-6-5-7-13(14)15/h5-9,11H,4,10,16H2,1-3H3. The molecule has 0 unspecified atom stereocenters. The highest BCUT2D eigenvalue weighted by Gasteiger charge is 2.13. The Morgan fingerprint density at radius 1 is 1.28 bits per heavy atom. The Kier molecular flexibility index (Phi) is 3.82. The van der Waals surface area contributed by atoms with E-state index in [-0.39, 0.29) is 0 Å². The highest BCUT2D eigenvalue weighted by Crippen LogP contribution is 2.28. The van der Waals surface area contributed by atoms with Crippen LogP contribution in [-0.2, 0) is 6.54 Å². The Morgan fingerprint density at radius 2 is 2.00 bits per heavy atom. The molecule has 0 radical (unpaired) electrons. The molecule has 2 N–H and O–H groups in total. The minimum absolute atomic E-state index is 0.464. The third-order valence-corrected chi connectivity index (χ3v) is 3.23. The molecule has 0 aliphatic rings. The van der Waals surface area contributed by atoms with Gasteiger partial charge in [-0.3, -0.25) is 4.98 Å². The second kappa shape index (κ2) is 5.36. The van der Waals surface area contributed by atoms with Gasteiger partial charge in [-0.15, -0.1) is 0 Å². The third kappa shape index (κ3) is 2.31. The first kappa shape index (κ1) is 12.8. The van der Waals surface area contributed by atoms with Crippen LogP contribution < -0.4 is 10.6 Å². The fraction of sp³-hybridized carbons (Fsp3) is 0.400. The Balaban J connectivity index is 2.66. The summed E-state index contributed by atoms with van der Waals surface area (Å²) in [6.45, 7) is 8.06. The van der Waals surface area contributed by atoms with E-state index in [1.165, 1.54) is 11.1 Å². The lowest BCUT2D eigenvalue weighted by atomic mass is 10.1. The normalized spacial score (nSPS) is 11.2. The van der Waals surface area contributed by atoms with Crippen LogP contribution in [0.1, 0.15) is 26.5 Å². The first-order chi connectivity index (χ1) is 8.67. The van der Waals surface area contributed by atoms with Gasteiger partial charge >= 0.3 is 0 Å². The maximum absolute atomic E-state index is 5.75. The van der Waals surface area contributed by atoms with Crippen LogP contribution in [0.15, 0.2) is 30.3 Å². The van der Waals surface area contributed by atoms with Crippen LogP contribution in [0.3, 0.4) is 0 Å². The molecule has 1 aromatic carbocycles. The molecule has 0 aliphatic carbocycles. The molecule has 0 fully saturated rings. The molecule has 2 aromatic rings. The number of rotatable bonds is 4. The van der Waals surface area contributed by atoms with Crippen LogP contribution in [0.25, 0.3) is 10.9 Å². The summed E-state index contributed by atoms with van der Waals surface area (Å²) >= 11 is 0. The SMILES string of the molecule is CCN(c1cc(CN)nc2ccccc12)C(C)C. The summed E-state index contributed by atoms with van der Waals surface area (Å²) in [5.41, 5.74) is 8.95. The van der Waals surface area contributed by atoms with Crippen molar-refractivity contribution in [1.29, 1.82) is 0 Å². The maximum atomic E-state index is 5.75. The van der Waals surface area contributed by atoms with Gasteiger partial charge in [0.05, 0.1) is 11.2 Å². The van der Waals surface area contributed by atoms with E-state index >= 15 is 0 Å². The van der Waals surface area contributed by atoms with Gasteiger partial charge in [0, 0.05) is 30.2 Å². The lowest BCUT2D eigenvalue weighted by Crippen LogP contribution is -2.30. The molecule has 0 aliphatic heterocycles. The molecule has 96 valence electrons. The van der Waals surface area contributed by atoms with Crippen molar-refractivity contribution in [2.24, 2.45) is 5.73 Å². The van der Waals surface area contributed by atoms with Gasteiger partial charge in [0.2, 0.25) is 0 Å². The lowest BCUT2D eigenvalue weighted by Gasteiger charge is -2.29. The van der Waals surface area contributed by atoms with Gasteiger partial charge < -0.3 is 10.6 Å². The van der Waals surface area contributed by atoms with E-state index in [9.17, 15) is 0 Å². The summed E-state index contributed by atoms with van der Waals surface area (Å²) in [6, 6.07) is 10.8. The number of pyridine rings is 1. The highest BCUT2D eigenvalue weighted by molar-refractivity contribution is 5.92. The zero-order valence-corrected chi connectivity index (χ0v) is 11.4. The highest BCUT2D eigenvalue weighted by atomic mass is 15.1.